The van der Waals surface area contributed by atoms with Crippen LogP contribution in [0.15, 0.2) is 29.3 Å². The third kappa shape index (κ3) is 1.56. The van der Waals surface area contributed by atoms with Crippen molar-refractivity contribution in [3.8, 4) is 0 Å². The first kappa shape index (κ1) is 13.3. The molecule has 1 N–H and O–H groups in total. The molecule has 4 heterocycles. The second kappa shape index (κ2) is 4.42. The molecule has 0 aromatic heterocycles. The van der Waals surface area contributed by atoms with Crippen LogP contribution < -0.4 is 0 Å². The predicted molar refractivity (Wildman–Crippen MR) is 87.4 cm³/mol. The highest BCUT2D eigenvalue weighted by atomic mass is 16.3. The van der Waals surface area contributed by atoms with Gasteiger partial charge in [-0.2, -0.15) is 0 Å². The van der Waals surface area contributed by atoms with Crippen LogP contribution in [0.5, 0.6) is 0 Å². The molecule has 0 radical (unpaired) electrons. The van der Waals surface area contributed by atoms with Gasteiger partial charge in [0, 0.05) is 30.6 Å². The molecular formula is C19H24N2O. The smallest absolute Gasteiger partial charge is 0.131 e. The molecule has 116 valence electrons. The minimum atomic E-state index is -0.807. The Labute approximate surface area is 132 Å². The highest BCUT2D eigenvalue weighted by molar-refractivity contribution is 6.02. The summed E-state index contributed by atoms with van der Waals surface area (Å²) in [4.78, 5) is 7.63. The number of aliphatic hydroxyl groups is 1. The number of aliphatic imine (C=N–C) groups is 1. The van der Waals surface area contributed by atoms with E-state index in [1.807, 2.05) is 12.1 Å². The van der Waals surface area contributed by atoms with Crippen molar-refractivity contribution in [1.29, 1.82) is 0 Å². The lowest BCUT2D eigenvalue weighted by molar-refractivity contribution is -0.0182. The van der Waals surface area contributed by atoms with Gasteiger partial charge in [0.05, 0.1) is 11.4 Å². The van der Waals surface area contributed by atoms with Gasteiger partial charge in [-0.1, -0.05) is 31.5 Å². The van der Waals surface area contributed by atoms with Crippen LogP contribution in [0.25, 0.3) is 0 Å². The summed E-state index contributed by atoms with van der Waals surface area (Å²) in [7, 11) is 0. The SMILES string of the molecule is CC[C@@H]1CC2CC3C4=Nc5ccccc5C4(O)CCN(C2)C31. The Morgan fingerprint density at radius 3 is 3.05 bits per heavy atom. The molecular weight excluding hydrogens is 272 g/mol. The second-order valence-corrected chi connectivity index (χ2v) is 7.72. The molecule has 4 aliphatic heterocycles. The van der Waals surface area contributed by atoms with Gasteiger partial charge >= 0.3 is 0 Å². The van der Waals surface area contributed by atoms with E-state index in [9.17, 15) is 5.11 Å². The maximum Gasteiger partial charge on any atom is 0.131 e. The monoisotopic (exact) mass is 296 g/mol. The van der Waals surface area contributed by atoms with Crippen molar-refractivity contribution in [2.24, 2.45) is 22.7 Å². The van der Waals surface area contributed by atoms with Gasteiger partial charge in [-0.25, -0.2) is 0 Å². The average Bonchev–Trinajstić information content (AvgIpc) is 2.82. The highest BCUT2D eigenvalue weighted by Crippen LogP contribution is 2.53. The van der Waals surface area contributed by atoms with Crippen LogP contribution in [0.2, 0.25) is 0 Å². The molecule has 3 heteroatoms. The standard InChI is InChI=1S/C19H24N2O/c1-2-13-9-12-10-14-17(13)21(11-12)8-7-19(22)15-5-3-4-6-16(15)20-18(14)19/h3-6,12-14,17,22H,2,7-11H2,1H3/t12?,13-,14?,17?,19?/m1/s1. The van der Waals surface area contributed by atoms with Crippen LogP contribution in [0, 0.1) is 17.8 Å². The maximum absolute atomic E-state index is 11.5. The molecule has 1 aromatic carbocycles. The van der Waals surface area contributed by atoms with Crippen molar-refractivity contribution >= 4 is 11.4 Å². The zero-order chi connectivity index (χ0) is 14.9. The Bertz CT molecular complexity index is 655. The molecule has 3 nitrogen and oxygen atoms in total. The van der Waals surface area contributed by atoms with Crippen molar-refractivity contribution in [3.05, 3.63) is 29.8 Å². The number of hydrogen-bond donors (Lipinski definition) is 1. The lowest BCUT2D eigenvalue weighted by Gasteiger charge is -2.53. The van der Waals surface area contributed by atoms with Gasteiger partial charge in [0.25, 0.3) is 0 Å². The van der Waals surface area contributed by atoms with Crippen LogP contribution in [0.3, 0.4) is 0 Å². The summed E-state index contributed by atoms with van der Waals surface area (Å²) in [6, 6.07) is 8.81. The molecule has 4 fully saturated rings. The molecule has 22 heavy (non-hydrogen) atoms. The number of nitrogens with zero attached hydrogens (tertiary/aromatic N) is 2. The zero-order valence-electron chi connectivity index (χ0n) is 13.2. The quantitative estimate of drug-likeness (QED) is 0.864. The van der Waals surface area contributed by atoms with E-state index in [-0.39, 0.29) is 0 Å². The molecule has 3 saturated heterocycles. The number of fused-ring (bicyclic) bond motifs is 4. The molecule has 1 aromatic rings. The van der Waals surface area contributed by atoms with Gasteiger partial charge in [-0.3, -0.25) is 9.89 Å². The van der Waals surface area contributed by atoms with Crippen molar-refractivity contribution in [3.63, 3.8) is 0 Å². The van der Waals surface area contributed by atoms with Crippen LogP contribution in [-0.4, -0.2) is 34.8 Å². The maximum atomic E-state index is 11.5. The molecule has 6 rings (SSSR count). The van der Waals surface area contributed by atoms with E-state index in [0.717, 1.165) is 41.8 Å². The minimum absolute atomic E-state index is 0.456. The first-order valence-electron chi connectivity index (χ1n) is 8.85. The molecule has 5 unspecified atom stereocenters. The number of para-hydroxylation sites is 1. The Morgan fingerprint density at radius 2 is 2.18 bits per heavy atom. The molecule has 5 aliphatic rings. The first-order valence-corrected chi connectivity index (χ1v) is 8.85. The molecule has 6 atom stereocenters. The highest BCUT2D eigenvalue weighted by Gasteiger charge is 2.56. The van der Waals surface area contributed by atoms with Gasteiger partial charge in [-0.05, 0) is 37.2 Å². The predicted octanol–water partition coefficient (Wildman–Crippen LogP) is 3.10. The Balaban J connectivity index is 1.65. The van der Waals surface area contributed by atoms with E-state index >= 15 is 0 Å². The average molecular weight is 296 g/mol. The Kier molecular flexibility index (Phi) is 2.67. The lowest BCUT2D eigenvalue weighted by atomic mass is 9.63. The summed E-state index contributed by atoms with van der Waals surface area (Å²) >= 11 is 0. The van der Waals surface area contributed by atoms with E-state index in [4.69, 9.17) is 4.99 Å². The Hall–Kier alpha value is -1.19. The largest absolute Gasteiger partial charge is 0.379 e. The topological polar surface area (TPSA) is 35.8 Å². The summed E-state index contributed by atoms with van der Waals surface area (Å²) in [5, 5.41) is 11.5. The molecule has 4 bridgehead atoms. The van der Waals surface area contributed by atoms with Gasteiger partial charge in [0.1, 0.15) is 5.60 Å². The van der Waals surface area contributed by atoms with E-state index in [1.54, 1.807) is 0 Å². The van der Waals surface area contributed by atoms with Crippen LogP contribution >= 0.6 is 0 Å². The first-order chi connectivity index (χ1) is 10.7. The third-order valence-corrected chi connectivity index (χ3v) is 6.68. The van der Waals surface area contributed by atoms with Crippen molar-refractivity contribution in [2.45, 2.75) is 44.2 Å². The van der Waals surface area contributed by atoms with E-state index in [0.29, 0.717) is 12.0 Å². The number of piperidine rings is 2. The number of hydrogen-bond acceptors (Lipinski definition) is 3. The number of benzene rings is 1. The van der Waals surface area contributed by atoms with Crippen LogP contribution in [0.4, 0.5) is 5.69 Å². The molecule has 1 saturated carbocycles. The van der Waals surface area contributed by atoms with Crippen LogP contribution in [-0.2, 0) is 5.60 Å². The second-order valence-electron chi connectivity index (χ2n) is 7.72. The molecule has 0 amide bonds. The Morgan fingerprint density at radius 1 is 1.32 bits per heavy atom. The summed E-state index contributed by atoms with van der Waals surface area (Å²) in [5.41, 5.74) is 2.33. The molecule has 0 spiro atoms. The van der Waals surface area contributed by atoms with Gasteiger partial charge in [-0.15, -0.1) is 0 Å². The van der Waals surface area contributed by atoms with Crippen molar-refractivity contribution < 1.29 is 5.11 Å². The fraction of sp³-hybridized carbons (Fsp3) is 0.632. The minimum Gasteiger partial charge on any atom is -0.379 e. The fourth-order valence-corrected chi connectivity index (χ4v) is 5.81. The van der Waals surface area contributed by atoms with E-state index in [2.05, 4.69) is 24.0 Å². The summed E-state index contributed by atoms with van der Waals surface area (Å²) in [6.45, 7) is 4.58. The summed E-state index contributed by atoms with van der Waals surface area (Å²) in [6.07, 6.45) is 4.67. The van der Waals surface area contributed by atoms with Crippen molar-refractivity contribution in [2.75, 3.05) is 13.1 Å². The summed E-state index contributed by atoms with van der Waals surface area (Å²) < 4.78 is 0. The zero-order valence-corrected chi connectivity index (χ0v) is 13.2. The van der Waals surface area contributed by atoms with Gasteiger partial charge in [0.15, 0.2) is 0 Å². The normalized spacial score (nSPS) is 45.0. The van der Waals surface area contributed by atoms with Gasteiger partial charge < -0.3 is 5.11 Å². The fourth-order valence-electron chi connectivity index (χ4n) is 5.81. The van der Waals surface area contributed by atoms with Crippen LogP contribution in [0.1, 0.15) is 38.2 Å². The van der Waals surface area contributed by atoms with E-state index < -0.39 is 5.60 Å². The van der Waals surface area contributed by atoms with Gasteiger partial charge in [0.2, 0.25) is 0 Å². The van der Waals surface area contributed by atoms with Crippen molar-refractivity contribution in [1.82, 2.24) is 4.90 Å². The molecule has 1 aliphatic carbocycles. The van der Waals surface area contributed by atoms with E-state index in [1.165, 1.54) is 25.8 Å². The lowest BCUT2D eigenvalue weighted by Crippen LogP contribution is -2.58. The number of rotatable bonds is 1. The third-order valence-electron chi connectivity index (χ3n) is 6.68. The summed E-state index contributed by atoms with van der Waals surface area (Å²) in [5.74, 6) is 2.04.